The van der Waals surface area contributed by atoms with Gasteiger partial charge in [-0.15, -0.1) is 0 Å². The molecule has 1 aliphatic heterocycles. The third-order valence-electron chi connectivity index (χ3n) is 2.66. The quantitative estimate of drug-likeness (QED) is 0.629. The number of alkyl halides is 1. The molecule has 1 saturated heterocycles. The van der Waals surface area contributed by atoms with E-state index in [0.29, 0.717) is 6.61 Å². The molecule has 0 aliphatic carbocycles. The van der Waals surface area contributed by atoms with Gasteiger partial charge in [0.2, 0.25) is 4.63 Å². The average Bonchev–Trinajstić information content (AvgIpc) is 2.30. The van der Waals surface area contributed by atoms with E-state index < -0.39 is 4.63 Å². The summed E-state index contributed by atoms with van der Waals surface area (Å²) in [5, 5.41) is 0. The van der Waals surface area contributed by atoms with Crippen LogP contribution in [0.4, 0.5) is 0 Å². The van der Waals surface area contributed by atoms with Crippen molar-refractivity contribution in [1.29, 1.82) is 0 Å². The van der Waals surface area contributed by atoms with E-state index in [4.69, 9.17) is 9.47 Å². The van der Waals surface area contributed by atoms with E-state index in [0.717, 1.165) is 25.4 Å². The zero-order chi connectivity index (χ0) is 11.4. The van der Waals surface area contributed by atoms with Gasteiger partial charge in [-0.3, -0.25) is 4.90 Å². The molecule has 0 saturated carbocycles. The maximum atomic E-state index is 5.96. The molecule has 0 N–H and O–H groups in total. The number of halogens is 1. The van der Waals surface area contributed by atoms with Gasteiger partial charge in [0, 0.05) is 6.54 Å². The first-order valence-electron chi connectivity index (χ1n) is 5.50. The fraction of sp³-hybridized carbons (Fsp3) is 0.500. The summed E-state index contributed by atoms with van der Waals surface area (Å²) < 4.78 is 10.9. The summed E-state index contributed by atoms with van der Waals surface area (Å²) in [4.78, 5) is 2.23. The van der Waals surface area contributed by atoms with E-state index >= 15 is 0 Å². The van der Waals surface area contributed by atoms with E-state index in [9.17, 15) is 0 Å². The van der Waals surface area contributed by atoms with Crippen molar-refractivity contribution in [3.05, 3.63) is 30.3 Å². The van der Waals surface area contributed by atoms with Crippen LogP contribution >= 0.6 is 15.9 Å². The van der Waals surface area contributed by atoms with Crippen LogP contribution in [0.2, 0.25) is 0 Å². The van der Waals surface area contributed by atoms with Crippen molar-refractivity contribution in [2.45, 2.75) is 11.6 Å². The smallest absolute Gasteiger partial charge is 0.243 e. The van der Waals surface area contributed by atoms with Crippen LogP contribution in [0.1, 0.15) is 6.92 Å². The first-order chi connectivity index (χ1) is 7.74. The topological polar surface area (TPSA) is 21.7 Å². The number of para-hydroxylation sites is 1. The summed E-state index contributed by atoms with van der Waals surface area (Å²) in [5.41, 5.74) is 0. The van der Waals surface area contributed by atoms with Crippen LogP contribution in [-0.4, -0.2) is 35.8 Å². The second-order valence-corrected chi connectivity index (χ2v) is 4.98. The molecule has 0 amide bonds. The Morgan fingerprint density at radius 1 is 1.44 bits per heavy atom. The van der Waals surface area contributed by atoms with Crippen LogP contribution in [-0.2, 0) is 4.74 Å². The number of hydrogen-bond donors (Lipinski definition) is 0. The molecule has 0 radical (unpaired) electrons. The molecule has 16 heavy (non-hydrogen) atoms. The summed E-state index contributed by atoms with van der Waals surface area (Å²) in [5.74, 6) is 0.850. The minimum Gasteiger partial charge on any atom is -0.460 e. The summed E-state index contributed by atoms with van der Waals surface area (Å²) in [7, 11) is 0. The Morgan fingerprint density at radius 3 is 2.88 bits per heavy atom. The molecule has 2 rings (SSSR count). The highest BCUT2D eigenvalue weighted by molar-refractivity contribution is 9.10. The Morgan fingerprint density at radius 2 is 2.19 bits per heavy atom. The molecule has 1 aromatic carbocycles. The Balaban J connectivity index is 2.11. The van der Waals surface area contributed by atoms with Gasteiger partial charge in [-0.1, -0.05) is 25.1 Å². The van der Waals surface area contributed by atoms with Crippen molar-refractivity contribution in [3.8, 4) is 5.75 Å². The molecular formula is C12H16BrNO2. The molecule has 1 atom stereocenters. The molecule has 1 fully saturated rings. The second kappa shape index (κ2) is 5.17. The average molecular weight is 286 g/mol. The van der Waals surface area contributed by atoms with Crippen molar-refractivity contribution < 1.29 is 9.47 Å². The SMILES string of the molecule is CCN1CCOCC1(Br)Oc1ccccc1. The number of morpholine rings is 1. The maximum Gasteiger partial charge on any atom is 0.243 e. The first kappa shape index (κ1) is 11.9. The van der Waals surface area contributed by atoms with Gasteiger partial charge in [-0.25, -0.2) is 0 Å². The molecule has 3 nitrogen and oxygen atoms in total. The summed E-state index contributed by atoms with van der Waals surface area (Å²) >= 11 is 3.64. The zero-order valence-corrected chi connectivity index (χ0v) is 10.9. The molecule has 1 unspecified atom stereocenters. The van der Waals surface area contributed by atoms with Crippen LogP contribution in [0.5, 0.6) is 5.75 Å². The lowest BCUT2D eigenvalue weighted by atomic mass is 10.3. The standard InChI is InChI=1S/C12H16BrNO2/c1-2-14-8-9-15-10-12(14,13)16-11-6-4-3-5-7-11/h3-7H,2,8-10H2,1H3. The zero-order valence-electron chi connectivity index (χ0n) is 9.36. The summed E-state index contributed by atoms with van der Waals surface area (Å²) in [6, 6.07) is 9.80. The monoisotopic (exact) mass is 285 g/mol. The molecule has 1 aliphatic rings. The summed E-state index contributed by atoms with van der Waals surface area (Å²) in [6.07, 6.45) is 0. The van der Waals surface area contributed by atoms with Crippen LogP contribution in [0, 0.1) is 0 Å². The number of rotatable bonds is 3. The number of ether oxygens (including phenoxy) is 2. The van der Waals surface area contributed by atoms with Crippen molar-refractivity contribution in [3.63, 3.8) is 0 Å². The van der Waals surface area contributed by atoms with Crippen LogP contribution in [0.15, 0.2) is 30.3 Å². The molecule has 1 aromatic rings. The minimum absolute atomic E-state index is 0.526. The van der Waals surface area contributed by atoms with Gasteiger partial charge in [0.1, 0.15) is 12.4 Å². The van der Waals surface area contributed by atoms with Crippen LogP contribution < -0.4 is 4.74 Å². The first-order valence-corrected chi connectivity index (χ1v) is 6.29. The van der Waals surface area contributed by atoms with Gasteiger partial charge in [-0.05, 0) is 34.6 Å². The van der Waals surface area contributed by atoms with Gasteiger partial charge in [-0.2, -0.15) is 0 Å². The third kappa shape index (κ3) is 2.56. The Kier molecular flexibility index (Phi) is 3.84. The molecule has 4 heteroatoms. The second-order valence-electron chi connectivity index (χ2n) is 3.74. The molecule has 88 valence electrons. The van der Waals surface area contributed by atoms with Gasteiger partial charge in [0.05, 0.1) is 6.61 Å². The highest BCUT2D eigenvalue weighted by Crippen LogP contribution is 2.30. The van der Waals surface area contributed by atoms with Gasteiger partial charge < -0.3 is 9.47 Å². The fourth-order valence-corrected chi connectivity index (χ4v) is 2.57. The predicted molar refractivity (Wildman–Crippen MR) is 66.8 cm³/mol. The van der Waals surface area contributed by atoms with E-state index in [1.807, 2.05) is 30.3 Å². The predicted octanol–water partition coefficient (Wildman–Crippen LogP) is 2.47. The van der Waals surface area contributed by atoms with E-state index in [2.05, 4.69) is 27.8 Å². The molecule has 0 spiro atoms. The molecule has 1 heterocycles. The van der Waals surface area contributed by atoms with Crippen LogP contribution in [0.25, 0.3) is 0 Å². The number of benzene rings is 1. The maximum absolute atomic E-state index is 5.96. The Bertz CT molecular complexity index is 333. The molecule has 0 aromatic heterocycles. The normalized spacial score (nSPS) is 26.6. The number of likely N-dealkylation sites (N-methyl/N-ethyl adjacent to an activating group) is 1. The van der Waals surface area contributed by atoms with Crippen molar-refractivity contribution in [1.82, 2.24) is 4.90 Å². The van der Waals surface area contributed by atoms with Crippen molar-refractivity contribution in [2.24, 2.45) is 0 Å². The highest BCUT2D eigenvalue weighted by atomic mass is 79.9. The lowest BCUT2D eigenvalue weighted by Crippen LogP contribution is -2.56. The van der Waals surface area contributed by atoms with Gasteiger partial charge in [0.15, 0.2) is 0 Å². The summed E-state index contributed by atoms with van der Waals surface area (Å²) in [6.45, 7) is 5.24. The number of hydrogen-bond acceptors (Lipinski definition) is 3. The Labute approximate surface area is 104 Å². The third-order valence-corrected chi connectivity index (χ3v) is 3.55. The van der Waals surface area contributed by atoms with Crippen LogP contribution in [0.3, 0.4) is 0 Å². The lowest BCUT2D eigenvalue weighted by molar-refractivity contribution is -0.108. The number of nitrogens with zero attached hydrogens (tertiary/aromatic N) is 1. The van der Waals surface area contributed by atoms with Gasteiger partial charge >= 0.3 is 0 Å². The lowest BCUT2D eigenvalue weighted by Gasteiger charge is -2.41. The van der Waals surface area contributed by atoms with Gasteiger partial charge in [0.25, 0.3) is 0 Å². The van der Waals surface area contributed by atoms with E-state index in [1.54, 1.807) is 0 Å². The minimum atomic E-state index is -0.526. The Hall–Kier alpha value is -0.580. The van der Waals surface area contributed by atoms with Crippen molar-refractivity contribution in [2.75, 3.05) is 26.3 Å². The molecular weight excluding hydrogens is 270 g/mol. The van der Waals surface area contributed by atoms with E-state index in [-0.39, 0.29) is 0 Å². The fourth-order valence-electron chi connectivity index (χ4n) is 1.79. The molecule has 0 bridgehead atoms. The van der Waals surface area contributed by atoms with Crippen molar-refractivity contribution >= 4 is 15.9 Å². The largest absolute Gasteiger partial charge is 0.460 e. The van der Waals surface area contributed by atoms with E-state index in [1.165, 1.54) is 0 Å². The highest BCUT2D eigenvalue weighted by Gasteiger charge is 2.38.